The molecule has 0 spiro atoms. The van der Waals surface area contributed by atoms with E-state index in [-0.39, 0.29) is 23.8 Å². The first-order chi connectivity index (χ1) is 21.3. The van der Waals surface area contributed by atoms with Gasteiger partial charge in [-0.2, -0.15) is 4.98 Å². The number of nitrogens with one attached hydrogen (secondary N) is 2. The van der Waals surface area contributed by atoms with Gasteiger partial charge in [0.1, 0.15) is 11.7 Å². The number of nitrogens with zero attached hydrogens (tertiary/aromatic N) is 7. The first kappa shape index (κ1) is 29.9. The van der Waals surface area contributed by atoms with E-state index in [1.807, 2.05) is 25.7 Å². The van der Waals surface area contributed by atoms with Crippen molar-refractivity contribution < 1.29 is 14.7 Å². The minimum atomic E-state index is -1.09. The molecule has 0 unspecified atom stereocenters. The Hall–Kier alpha value is -5.59. The van der Waals surface area contributed by atoms with E-state index in [9.17, 15) is 19.5 Å². The molecule has 4 aromatic heterocycles. The van der Waals surface area contributed by atoms with E-state index in [0.717, 1.165) is 0 Å². The number of aromatic nitrogens is 6. The number of carboxylic acids is 1. The van der Waals surface area contributed by atoms with Gasteiger partial charge < -0.3 is 25.2 Å². The molecule has 0 aliphatic carbocycles. The van der Waals surface area contributed by atoms with Crippen LogP contribution in [-0.2, 0) is 11.2 Å². The molecule has 1 amide bonds. The summed E-state index contributed by atoms with van der Waals surface area (Å²) in [5, 5.41) is 13.3. The number of aliphatic carboxylic acids is 1. The summed E-state index contributed by atoms with van der Waals surface area (Å²) in [7, 11) is 0. The predicted molar refractivity (Wildman–Crippen MR) is 168 cm³/mol. The molecule has 13 heteroatoms. The zero-order valence-electron chi connectivity index (χ0n) is 24.6. The van der Waals surface area contributed by atoms with Crippen molar-refractivity contribution in [2.75, 3.05) is 34.8 Å². The molecule has 0 aliphatic heterocycles. The fourth-order valence-corrected chi connectivity index (χ4v) is 4.96. The monoisotopic (exact) mass is 595 g/mol. The van der Waals surface area contributed by atoms with Crippen LogP contribution < -0.4 is 20.8 Å². The summed E-state index contributed by atoms with van der Waals surface area (Å²) >= 11 is 0. The second kappa shape index (κ2) is 13.2. The summed E-state index contributed by atoms with van der Waals surface area (Å²) in [6, 6.07) is 12.7. The molecule has 0 bridgehead atoms. The molecule has 0 saturated heterocycles. The molecule has 4 heterocycles. The van der Waals surface area contributed by atoms with Crippen LogP contribution in [0.15, 0.2) is 78.1 Å². The van der Waals surface area contributed by atoms with Crippen molar-refractivity contribution in [2.24, 2.45) is 0 Å². The number of pyridine rings is 2. The smallest absolute Gasteiger partial charge is 0.332 e. The lowest BCUT2D eigenvalue weighted by atomic mass is 10.1. The van der Waals surface area contributed by atoms with Gasteiger partial charge in [0.25, 0.3) is 5.91 Å². The van der Waals surface area contributed by atoms with Gasteiger partial charge >= 0.3 is 11.7 Å². The number of carbonyl (C=O) groups excluding carboxylic acids is 1. The molecule has 0 radical (unpaired) electrons. The number of carboxylic acid groups (broad SMARTS) is 1. The summed E-state index contributed by atoms with van der Waals surface area (Å²) in [5.74, 6) is -0.739. The maximum atomic E-state index is 13.5. The molecule has 3 N–H and O–H groups in total. The number of anilines is 3. The summed E-state index contributed by atoms with van der Waals surface area (Å²) in [6.07, 6.45) is 6.34. The van der Waals surface area contributed by atoms with E-state index >= 15 is 0 Å². The van der Waals surface area contributed by atoms with Crippen molar-refractivity contribution in [1.82, 2.24) is 29.5 Å². The van der Waals surface area contributed by atoms with Crippen LogP contribution in [-0.4, -0.2) is 72.1 Å². The van der Waals surface area contributed by atoms with E-state index in [0.29, 0.717) is 59.2 Å². The lowest BCUT2D eigenvalue weighted by Crippen LogP contribution is -2.36. The van der Waals surface area contributed by atoms with E-state index in [1.54, 1.807) is 60.9 Å². The van der Waals surface area contributed by atoms with Crippen molar-refractivity contribution in [2.45, 2.75) is 33.2 Å². The van der Waals surface area contributed by atoms with Crippen molar-refractivity contribution in [1.29, 1.82) is 0 Å². The topological polar surface area (TPSA) is 162 Å². The third-order valence-corrected chi connectivity index (χ3v) is 7.27. The van der Waals surface area contributed by atoms with Crippen LogP contribution >= 0.6 is 0 Å². The van der Waals surface area contributed by atoms with E-state index in [4.69, 9.17) is 4.98 Å². The number of rotatable bonds is 12. The zero-order chi connectivity index (χ0) is 31.2. The fraction of sp³-hybridized carbons (Fsp3) is 0.258. The first-order valence-electron chi connectivity index (χ1n) is 14.3. The van der Waals surface area contributed by atoms with Crippen LogP contribution in [0.4, 0.5) is 17.5 Å². The quantitative estimate of drug-likeness (QED) is 0.195. The number of benzene rings is 1. The van der Waals surface area contributed by atoms with Gasteiger partial charge in [-0.25, -0.2) is 24.1 Å². The number of carbonyl (C=O) groups is 2. The lowest BCUT2D eigenvalue weighted by Gasteiger charge is -2.27. The maximum Gasteiger partial charge on any atom is 0.332 e. The maximum absolute atomic E-state index is 13.5. The summed E-state index contributed by atoms with van der Waals surface area (Å²) in [6.45, 7) is 7.36. The van der Waals surface area contributed by atoms with Gasteiger partial charge in [-0.15, -0.1) is 0 Å². The van der Waals surface area contributed by atoms with Crippen molar-refractivity contribution in [3.63, 3.8) is 0 Å². The van der Waals surface area contributed by atoms with Gasteiger partial charge in [0.2, 0.25) is 5.95 Å². The minimum absolute atomic E-state index is 0.102. The third kappa shape index (κ3) is 6.11. The second-order valence-electron chi connectivity index (χ2n) is 9.91. The molecule has 5 aromatic rings. The Morgan fingerprint density at radius 3 is 2.36 bits per heavy atom. The van der Waals surface area contributed by atoms with Crippen molar-refractivity contribution >= 4 is 40.5 Å². The van der Waals surface area contributed by atoms with Gasteiger partial charge in [0.15, 0.2) is 11.5 Å². The van der Waals surface area contributed by atoms with E-state index in [2.05, 4.69) is 25.3 Å². The van der Waals surface area contributed by atoms with Gasteiger partial charge in [0, 0.05) is 50.2 Å². The zero-order valence-corrected chi connectivity index (χ0v) is 24.6. The summed E-state index contributed by atoms with van der Waals surface area (Å²) in [5.41, 5.74) is 2.90. The van der Waals surface area contributed by atoms with E-state index in [1.165, 1.54) is 21.9 Å². The highest BCUT2D eigenvalue weighted by atomic mass is 16.4. The number of fused-ring (bicyclic) bond motifs is 1. The fourth-order valence-electron chi connectivity index (χ4n) is 4.96. The molecule has 5 rings (SSSR count). The minimum Gasteiger partial charge on any atom is -0.480 e. The Kier molecular flexibility index (Phi) is 8.93. The Bertz CT molecular complexity index is 1820. The Morgan fingerprint density at radius 2 is 1.70 bits per heavy atom. The normalized spacial score (nSPS) is 11.7. The number of H-pyrrole nitrogens is 1. The van der Waals surface area contributed by atoms with Crippen LogP contribution in [0.3, 0.4) is 0 Å². The highest BCUT2D eigenvalue weighted by Gasteiger charge is 2.26. The van der Waals surface area contributed by atoms with Crippen LogP contribution in [0.2, 0.25) is 0 Å². The number of hydrogen-bond acceptors (Lipinski definition) is 9. The molecule has 226 valence electrons. The van der Waals surface area contributed by atoms with Gasteiger partial charge in [-0.3, -0.25) is 9.78 Å². The largest absolute Gasteiger partial charge is 0.480 e. The Labute approximate surface area is 253 Å². The molecular formula is C31H33N9O4. The number of aromatic amines is 1. The molecular weight excluding hydrogens is 562 g/mol. The van der Waals surface area contributed by atoms with Crippen LogP contribution in [0, 0.1) is 0 Å². The molecule has 0 saturated carbocycles. The molecule has 1 atom stereocenters. The van der Waals surface area contributed by atoms with Gasteiger partial charge in [0.05, 0.1) is 17.4 Å². The van der Waals surface area contributed by atoms with Gasteiger partial charge in [-0.05, 0) is 62.7 Å². The van der Waals surface area contributed by atoms with E-state index < -0.39 is 12.0 Å². The Morgan fingerprint density at radius 1 is 0.977 bits per heavy atom. The molecule has 44 heavy (non-hydrogen) atoms. The third-order valence-electron chi connectivity index (χ3n) is 7.27. The number of hydrogen-bond donors (Lipinski definition) is 3. The molecule has 0 aliphatic rings. The predicted octanol–water partition coefficient (Wildman–Crippen LogP) is 3.52. The SMILES string of the molecule is CCN(CC)c1ncc(N(CC)C(=O)c2ccncc2)c(N[C@@H](Cc2ccc(-n3c(=O)[nH]c4cccnc43)cc2)C(=O)O)n1. The lowest BCUT2D eigenvalue weighted by molar-refractivity contribution is -0.137. The highest BCUT2D eigenvalue weighted by molar-refractivity contribution is 6.07. The van der Waals surface area contributed by atoms with Crippen molar-refractivity contribution in [3.8, 4) is 5.69 Å². The van der Waals surface area contributed by atoms with Crippen LogP contribution in [0.1, 0.15) is 36.7 Å². The van der Waals surface area contributed by atoms with Gasteiger partial charge in [-0.1, -0.05) is 12.1 Å². The van der Waals surface area contributed by atoms with Crippen molar-refractivity contribution in [3.05, 3.63) is 94.9 Å². The second-order valence-corrected chi connectivity index (χ2v) is 9.91. The average Bonchev–Trinajstić information content (AvgIpc) is 3.38. The standard InChI is InChI=1S/C31H33N9O4/c1-4-38(5-2)30-34-19-25(39(6-3)28(41)21-13-16-32-17-14-21)26(37-30)35-24(29(42)43)18-20-9-11-22(12-10-20)40-27-23(36-31(40)44)8-7-15-33-27/h7-17,19,24H,4-6,18H2,1-3H3,(H,36,44)(H,42,43)(H,34,35,37)/t24-/m0/s1. The first-order valence-corrected chi connectivity index (χ1v) is 14.3. The summed E-state index contributed by atoms with van der Waals surface area (Å²) < 4.78 is 1.47. The molecule has 0 fully saturated rings. The molecule has 1 aromatic carbocycles. The number of imidazole rings is 1. The van der Waals surface area contributed by atoms with Crippen LogP contribution in [0.25, 0.3) is 16.9 Å². The summed E-state index contributed by atoms with van der Waals surface area (Å²) in [4.78, 5) is 62.3. The highest BCUT2D eigenvalue weighted by Crippen LogP contribution is 2.28. The average molecular weight is 596 g/mol. The number of amides is 1. The van der Waals surface area contributed by atoms with Crippen LogP contribution in [0.5, 0.6) is 0 Å². The Balaban J connectivity index is 1.46. The molecule has 13 nitrogen and oxygen atoms in total.